The first-order valence-electron chi connectivity index (χ1n) is 5.97. The van der Waals surface area contributed by atoms with Gasteiger partial charge in [0.05, 0.1) is 23.9 Å². The highest BCUT2D eigenvalue weighted by Gasteiger charge is 2.16. The Labute approximate surface area is 128 Å². The van der Waals surface area contributed by atoms with Gasteiger partial charge in [0.2, 0.25) is 5.88 Å². The van der Waals surface area contributed by atoms with Gasteiger partial charge in [-0.15, -0.1) is 0 Å². The van der Waals surface area contributed by atoms with Crippen LogP contribution in [0.5, 0.6) is 5.88 Å². The molecule has 2 aromatic rings. The monoisotopic (exact) mass is 327 g/mol. The number of nitrogens with two attached hydrogens (primary N) is 1. The van der Waals surface area contributed by atoms with Crippen molar-refractivity contribution in [1.82, 2.24) is 4.98 Å². The molecule has 0 atom stereocenters. The first-order chi connectivity index (χ1) is 9.96. The minimum absolute atomic E-state index is 0.0863. The number of rotatable bonds is 5. The van der Waals surface area contributed by atoms with E-state index in [2.05, 4.69) is 9.71 Å². The number of methoxy groups -OCH3 is 1. The quantitative estimate of drug-likeness (QED) is 0.876. The third-order valence-corrected chi connectivity index (χ3v) is 4.49. The van der Waals surface area contributed by atoms with E-state index in [1.165, 1.54) is 31.5 Å². The van der Waals surface area contributed by atoms with Crippen molar-refractivity contribution >= 4 is 27.3 Å². The van der Waals surface area contributed by atoms with Crippen molar-refractivity contribution in [3.8, 4) is 5.88 Å². The number of anilines is 1. The molecule has 0 unspecified atom stereocenters. The molecule has 0 aliphatic carbocycles. The molecule has 21 heavy (non-hydrogen) atoms. The smallest absolute Gasteiger partial charge is 0.261 e. The highest BCUT2D eigenvalue weighted by Crippen LogP contribution is 2.22. The van der Waals surface area contributed by atoms with Crippen molar-refractivity contribution < 1.29 is 13.2 Å². The number of pyridine rings is 1. The van der Waals surface area contributed by atoms with Gasteiger partial charge in [0.1, 0.15) is 0 Å². The molecule has 0 radical (unpaired) electrons. The average molecular weight is 328 g/mol. The highest BCUT2D eigenvalue weighted by atomic mass is 35.5. The van der Waals surface area contributed by atoms with E-state index in [4.69, 9.17) is 22.1 Å². The molecule has 0 spiro atoms. The predicted molar refractivity (Wildman–Crippen MR) is 80.9 cm³/mol. The van der Waals surface area contributed by atoms with Crippen molar-refractivity contribution in [3.63, 3.8) is 0 Å². The summed E-state index contributed by atoms with van der Waals surface area (Å²) in [6.45, 7) is 0.159. The summed E-state index contributed by atoms with van der Waals surface area (Å²) in [5, 5.41) is 0.433. The number of benzene rings is 1. The minimum atomic E-state index is -3.73. The molecule has 0 amide bonds. The summed E-state index contributed by atoms with van der Waals surface area (Å²) >= 11 is 5.92. The number of aromatic nitrogens is 1. The number of ether oxygens (including phenoxy) is 1. The second kappa shape index (κ2) is 6.30. The zero-order valence-corrected chi connectivity index (χ0v) is 12.8. The number of hydrogen-bond acceptors (Lipinski definition) is 5. The Kier molecular flexibility index (Phi) is 4.66. The van der Waals surface area contributed by atoms with Crippen LogP contribution >= 0.6 is 11.6 Å². The molecule has 112 valence electrons. The maximum atomic E-state index is 12.3. The van der Waals surface area contributed by atoms with Crippen LogP contribution in [0, 0.1) is 0 Å². The van der Waals surface area contributed by atoms with E-state index in [1.807, 2.05) is 0 Å². The van der Waals surface area contributed by atoms with Crippen molar-refractivity contribution in [2.75, 3.05) is 11.8 Å². The van der Waals surface area contributed by atoms with E-state index in [9.17, 15) is 8.42 Å². The fraction of sp³-hybridized carbons (Fsp3) is 0.154. The maximum Gasteiger partial charge on any atom is 0.261 e. The van der Waals surface area contributed by atoms with Gasteiger partial charge in [-0.1, -0.05) is 11.6 Å². The average Bonchev–Trinajstić information content (AvgIpc) is 2.48. The van der Waals surface area contributed by atoms with Crippen LogP contribution in [-0.4, -0.2) is 20.5 Å². The van der Waals surface area contributed by atoms with Crippen LogP contribution < -0.4 is 15.2 Å². The highest BCUT2D eigenvalue weighted by molar-refractivity contribution is 7.92. The summed E-state index contributed by atoms with van der Waals surface area (Å²) in [7, 11) is -2.25. The van der Waals surface area contributed by atoms with Gasteiger partial charge in [0, 0.05) is 17.6 Å². The molecule has 3 N–H and O–H groups in total. The third-order valence-electron chi connectivity index (χ3n) is 2.75. The van der Waals surface area contributed by atoms with Crippen molar-refractivity contribution in [2.45, 2.75) is 11.4 Å². The van der Waals surface area contributed by atoms with E-state index >= 15 is 0 Å². The Hall–Kier alpha value is -1.83. The molecule has 0 saturated carbocycles. The van der Waals surface area contributed by atoms with E-state index in [0.29, 0.717) is 22.2 Å². The molecule has 8 heteroatoms. The number of sulfonamides is 1. The molecular weight excluding hydrogens is 314 g/mol. The fourth-order valence-electron chi connectivity index (χ4n) is 1.65. The molecule has 0 saturated heterocycles. The summed E-state index contributed by atoms with van der Waals surface area (Å²) in [4.78, 5) is 4.02. The molecule has 1 aromatic heterocycles. The molecule has 0 bridgehead atoms. The third kappa shape index (κ3) is 3.63. The zero-order valence-electron chi connectivity index (χ0n) is 11.2. The van der Waals surface area contributed by atoms with Gasteiger partial charge in [0.15, 0.2) is 0 Å². The van der Waals surface area contributed by atoms with Crippen LogP contribution in [0.2, 0.25) is 5.02 Å². The second-order valence-corrected chi connectivity index (χ2v) is 6.24. The van der Waals surface area contributed by atoms with Gasteiger partial charge in [0.25, 0.3) is 10.0 Å². The Bertz CT molecular complexity index is 733. The number of nitrogens with zero attached hydrogens (tertiary/aromatic N) is 1. The Morgan fingerprint density at radius 1 is 1.33 bits per heavy atom. The molecule has 0 aliphatic heterocycles. The van der Waals surface area contributed by atoms with Crippen molar-refractivity contribution in [1.29, 1.82) is 0 Å². The number of hydrogen-bond donors (Lipinski definition) is 2. The van der Waals surface area contributed by atoms with E-state index < -0.39 is 10.0 Å². The van der Waals surface area contributed by atoms with Gasteiger partial charge < -0.3 is 10.5 Å². The van der Waals surface area contributed by atoms with Crippen LogP contribution in [0.4, 0.5) is 5.69 Å². The van der Waals surface area contributed by atoms with Gasteiger partial charge in [-0.3, -0.25) is 4.72 Å². The van der Waals surface area contributed by atoms with E-state index in [0.717, 1.165) is 0 Å². The van der Waals surface area contributed by atoms with Crippen LogP contribution in [0.15, 0.2) is 41.4 Å². The lowest BCUT2D eigenvalue weighted by Crippen LogP contribution is -2.14. The van der Waals surface area contributed by atoms with Crippen LogP contribution in [0.1, 0.15) is 5.56 Å². The van der Waals surface area contributed by atoms with Gasteiger partial charge in [-0.05, 0) is 29.8 Å². The lowest BCUT2D eigenvalue weighted by atomic mass is 10.2. The first kappa shape index (κ1) is 15.6. The maximum absolute atomic E-state index is 12.3. The Morgan fingerprint density at radius 3 is 2.67 bits per heavy atom. The molecular formula is C13H14ClN3O3S. The number of nitrogens with one attached hydrogen (secondary N) is 1. The van der Waals surface area contributed by atoms with Gasteiger partial charge in [-0.2, -0.15) is 0 Å². The molecule has 6 nitrogen and oxygen atoms in total. The second-order valence-electron chi connectivity index (χ2n) is 4.15. The van der Waals surface area contributed by atoms with Gasteiger partial charge in [-0.25, -0.2) is 13.4 Å². The standard InChI is InChI=1S/C13H14ClN3O3S/c1-20-13-5-2-10(8-16-13)17-21(18,19)11-3-4-12(14)9(6-11)7-15/h2-6,8,17H,7,15H2,1H3. The zero-order chi connectivity index (χ0) is 15.5. The summed E-state index contributed by atoms with van der Waals surface area (Å²) in [6.07, 6.45) is 1.37. The molecule has 0 aliphatic rings. The largest absolute Gasteiger partial charge is 0.481 e. The topological polar surface area (TPSA) is 94.3 Å². The summed E-state index contributed by atoms with van der Waals surface area (Å²) in [5.74, 6) is 0.398. The van der Waals surface area contributed by atoms with Crippen molar-refractivity contribution in [2.24, 2.45) is 5.73 Å². The minimum Gasteiger partial charge on any atom is -0.481 e. The molecule has 0 fully saturated rings. The normalized spacial score (nSPS) is 11.2. The molecule has 1 heterocycles. The predicted octanol–water partition coefficient (Wildman–Crippen LogP) is 2.00. The Balaban J connectivity index is 2.29. The van der Waals surface area contributed by atoms with Crippen molar-refractivity contribution in [3.05, 3.63) is 47.1 Å². The number of halogens is 1. The Morgan fingerprint density at radius 2 is 2.10 bits per heavy atom. The SMILES string of the molecule is COc1ccc(NS(=O)(=O)c2ccc(Cl)c(CN)c2)cn1. The fourth-order valence-corrected chi connectivity index (χ4v) is 2.94. The van der Waals surface area contributed by atoms with Crippen LogP contribution in [0.25, 0.3) is 0 Å². The lowest BCUT2D eigenvalue weighted by molar-refractivity contribution is 0.398. The molecule has 2 rings (SSSR count). The first-order valence-corrected chi connectivity index (χ1v) is 7.84. The van der Waals surface area contributed by atoms with Crippen LogP contribution in [0.3, 0.4) is 0 Å². The molecule has 1 aromatic carbocycles. The van der Waals surface area contributed by atoms with Crippen LogP contribution in [-0.2, 0) is 16.6 Å². The lowest BCUT2D eigenvalue weighted by Gasteiger charge is -2.10. The summed E-state index contributed by atoms with van der Waals surface area (Å²) < 4.78 is 31.9. The summed E-state index contributed by atoms with van der Waals surface area (Å²) in [5.41, 5.74) is 6.42. The van der Waals surface area contributed by atoms with E-state index in [1.54, 1.807) is 12.1 Å². The van der Waals surface area contributed by atoms with E-state index in [-0.39, 0.29) is 11.4 Å². The summed E-state index contributed by atoms with van der Waals surface area (Å²) in [6, 6.07) is 7.49. The van der Waals surface area contributed by atoms with Gasteiger partial charge >= 0.3 is 0 Å².